The number of nitrogens with zero attached hydrogens (tertiary/aromatic N) is 3. The Kier molecular flexibility index (Phi) is 4.32. The summed E-state index contributed by atoms with van der Waals surface area (Å²) in [5.41, 5.74) is 1.36. The van der Waals surface area contributed by atoms with Gasteiger partial charge in [-0.2, -0.15) is 0 Å². The van der Waals surface area contributed by atoms with Crippen molar-refractivity contribution in [3.8, 4) is 11.3 Å². The molecule has 0 amide bonds. The van der Waals surface area contributed by atoms with Crippen LogP contribution in [0.1, 0.15) is 38.2 Å². The number of rotatable bonds is 3. The number of hydrogen-bond acceptors (Lipinski definition) is 4. The van der Waals surface area contributed by atoms with Crippen molar-refractivity contribution in [1.29, 1.82) is 0 Å². The fourth-order valence-corrected chi connectivity index (χ4v) is 2.08. The molecule has 0 atom stereocenters. The summed E-state index contributed by atoms with van der Waals surface area (Å²) in [5, 5.41) is 8.76. The fourth-order valence-electron chi connectivity index (χ4n) is 1.96. The largest absolute Gasteiger partial charge is 0.461 e. The molecule has 0 saturated carbocycles. The SMILES string of the molecule is CCOC(=O)c1nnn(C(C)(C)C)c1-c1ccc(Cl)cc1. The normalized spacial score (nSPS) is 11.5. The highest BCUT2D eigenvalue weighted by Gasteiger charge is 2.27. The first-order chi connectivity index (χ1) is 9.84. The van der Waals surface area contributed by atoms with Gasteiger partial charge in [-0.05, 0) is 39.8 Å². The van der Waals surface area contributed by atoms with E-state index < -0.39 is 5.97 Å². The third kappa shape index (κ3) is 3.24. The molecule has 112 valence electrons. The Bertz CT molecular complexity index is 642. The molecular weight excluding hydrogens is 290 g/mol. The predicted octanol–water partition coefficient (Wildman–Crippen LogP) is 3.53. The third-order valence-corrected chi connectivity index (χ3v) is 3.14. The second-order valence-electron chi connectivity index (χ2n) is 5.60. The maximum absolute atomic E-state index is 12.1. The maximum atomic E-state index is 12.1. The smallest absolute Gasteiger partial charge is 0.361 e. The lowest BCUT2D eigenvalue weighted by molar-refractivity contribution is 0.0520. The molecule has 0 aliphatic rings. The highest BCUT2D eigenvalue weighted by atomic mass is 35.5. The van der Waals surface area contributed by atoms with Crippen LogP contribution in [0.3, 0.4) is 0 Å². The third-order valence-electron chi connectivity index (χ3n) is 2.89. The second-order valence-corrected chi connectivity index (χ2v) is 6.03. The molecule has 0 N–H and O–H groups in total. The molecule has 0 aliphatic carbocycles. The van der Waals surface area contributed by atoms with E-state index in [-0.39, 0.29) is 11.2 Å². The average Bonchev–Trinajstić information content (AvgIpc) is 2.84. The molecule has 0 fully saturated rings. The van der Waals surface area contributed by atoms with Crippen molar-refractivity contribution in [3.05, 3.63) is 35.0 Å². The van der Waals surface area contributed by atoms with E-state index in [1.165, 1.54) is 0 Å². The summed E-state index contributed by atoms with van der Waals surface area (Å²) < 4.78 is 6.78. The van der Waals surface area contributed by atoms with Crippen molar-refractivity contribution >= 4 is 17.6 Å². The monoisotopic (exact) mass is 307 g/mol. The summed E-state index contributed by atoms with van der Waals surface area (Å²) in [6.45, 7) is 8.04. The van der Waals surface area contributed by atoms with Gasteiger partial charge < -0.3 is 4.74 Å². The van der Waals surface area contributed by atoms with E-state index in [9.17, 15) is 4.79 Å². The molecule has 2 aromatic rings. The zero-order valence-corrected chi connectivity index (χ0v) is 13.3. The van der Waals surface area contributed by atoms with Crippen LogP contribution in [0.15, 0.2) is 24.3 Å². The number of esters is 1. The second kappa shape index (κ2) is 5.85. The molecule has 21 heavy (non-hydrogen) atoms. The van der Waals surface area contributed by atoms with Gasteiger partial charge in [0.15, 0.2) is 5.69 Å². The molecule has 0 saturated heterocycles. The van der Waals surface area contributed by atoms with Gasteiger partial charge in [0.05, 0.1) is 12.1 Å². The lowest BCUT2D eigenvalue weighted by atomic mass is 10.1. The Hall–Kier alpha value is -1.88. The molecule has 1 aromatic carbocycles. The van der Waals surface area contributed by atoms with Crippen molar-refractivity contribution < 1.29 is 9.53 Å². The zero-order chi connectivity index (χ0) is 15.6. The van der Waals surface area contributed by atoms with Crippen LogP contribution >= 0.6 is 11.6 Å². The van der Waals surface area contributed by atoms with Gasteiger partial charge in [0.1, 0.15) is 5.69 Å². The topological polar surface area (TPSA) is 57.0 Å². The maximum Gasteiger partial charge on any atom is 0.361 e. The molecule has 0 spiro atoms. The molecule has 6 heteroatoms. The fraction of sp³-hybridized carbons (Fsp3) is 0.400. The lowest BCUT2D eigenvalue weighted by Gasteiger charge is -2.21. The summed E-state index contributed by atoms with van der Waals surface area (Å²) in [7, 11) is 0. The van der Waals surface area contributed by atoms with E-state index in [1.807, 2.05) is 32.9 Å². The number of hydrogen-bond donors (Lipinski definition) is 0. The van der Waals surface area contributed by atoms with E-state index in [2.05, 4.69) is 10.3 Å². The Morgan fingerprint density at radius 1 is 1.29 bits per heavy atom. The summed E-state index contributed by atoms with van der Waals surface area (Å²) in [4.78, 5) is 12.1. The minimum atomic E-state index is -0.474. The van der Waals surface area contributed by atoms with Crippen molar-refractivity contribution in [3.63, 3.8) is 0 Å². The Morgan fingerprint density at radius 3 is 2.43 bits per heavy atom. The van der Waals surface area contributed by atoms with Crippen LogP contribution in [0, 0.1) is 0 Å². The molecule has 0 bridgehead atoms. The van der Waals surface area contributed by atoms with Gasteiger partial charge in [-0.15, -0.1) is 5.10 Å². The minimum absolute atomic E-state index is 0.217. The highest BCUT2D eigenvalue weighted by molar-refractivity contribution is 6.30. The van der Waals surface area contributed by atoms with E-state index in [0.29, 0.717) is 17.3 Å². The Balaban J connectivity index is 2.61. The van der Waals surface area contributed by atoms with Crippen molar-refractivity contribution in [2.75, 3.05) is 6.61 Å². The van der Waals surface area contributed by atoms with Crippen LogP contribution in [0.2, 0.25) is 5.02 Å². The van der Waals surface area contributed by atoms with Gasteiger partial charge in [-0.3, -0.25) is 0 Å². The first-order valence-corrected chi connectivity index (χ1v) is 7.11. The van der Waals surface area contributed by atoms with E-state index in [4.69, 9.17) is 16.3 Å². The predicted molar refractivity (Wildman–Crippen MR) is 81.4 cm³/mol. The number of ether oxygens (including phenoxy) is 1. The molecule has 2 rings (SSSR count). The molecule has 0 radical (unpaired) electrons. The van der Waals surface area contributed by atoms with Crippen LogP contribution in [-0.2, 0) is 10.3 Å². The van der Waals surface area contributed by atoms with Crippen LogP contribution in [0.4, 0.5) is 0 Å². The van der Waals surface area contributed by atoms with Crippen LogP contribution in [0.5, 0.6) is 0 Å². The van der Waals surface area contributed by atoms with E-state index >= 15 is 0 Å². The van der Waals surface area contributed by atoms with Gasteiger partial charge >= 0.3 is 5.97 Å². The van der Waals surface area contributed by atoms with E-state index in [1.54, 1.807) is 23.7 Å². The lowest BCUT2D eigenvalue weighted by Crippen LogP contribution is -2.24. The summed E-state index contributed by atoms with van der Waals surface area (Å²) in [6, 6.07) is 7.22. The number of halogens is 1. The number of aromatic nitrogens is 3. The first-order valence-electron chi connectivity index (χ1n) is 6.74. The van der Waals surface area contributed by atoms with Crippen LogP contribution < -0.4 is 0 Å². The van der Waals surface area contributed by atoms with Gasteiger partial charge in [-0.25, -0.2) is 9.48 Å². The van der Waals surface area contributed by atoms with Crippen LogP contribution in [0.25, 0.3) is 11.3 Å². The van der Waals surface area contributed by atoms with Gasteiger partial charge in [0, 0.05) is 10.6 Å². The number of carbonyl (C=O) groups excluding carboxylic acids is 1. The Labute approximate surface area is 128 Å². The molecule has 1 aromatic heterocycles. The van der Waals surface area contributed by atoms with E-state index in [0.717, 1.165) is 5.56 Å². The molecule has 1 heterocycles. The average molecular weight is 308 g/mol. The quantitative estimate of drug-likeness (QED) is 0.814. The van der Waals surface area contributed by atoms with Crippen LogP contribution in [-0.4, -0.2) is 27.6 Å². The number of benzene rings is 1. The van der Waals surface area contributed by atoms with Gasteiger partial charge in [-0.1, -0.05) is 28.9 Å². The van der Waals surface area contributed by atoms with Gasteiger partial charge in [0.25, 0.3) is 0 Å². The molecule has 0 aliphatic heterocycles. The summed E-state index contributed by atoms with van der Waals surface area (Å²) >= 11 is 5.93. The van der Waals surface area contributed by atoms with Crippen molar-refractivity contribution in [2.24, 2.45) is 0 Å². The molecular formula is C15H18ClN3O2. The highest BCUT2D eigenvalue weighted by Crippen LogP contribution is 2.28. The minimum Gasteiger partial charge on any atom is -0.461 e. The summed E-state index contributed by atoms with van der Waals surface area (Å²) in [6.07, 6.45) is 0. The summed E-state index contributed by atoms with van der Waals surface area (Å²) in [5.74, 6) is -0.474. The first kappa shape index (κ1) is 15.5. The van der Waals surface area contributed by atoms with Crippen molar-refractivity contribution in [2.45, 2.75) is 33.2 Å². The van der Waals surface area contributed by atoms with Crippen molar-refractivity contribution in [1.82, 2.24) is 15.0 Å². The standard InChI is InChI=1S/C15H18ClN3O2/c1-5-21-14(20)12-13(10-6-8-11(16)9-7-10)19(18-17-12)15(2,3)4/h6-9H,5H2,1-4H3. The molecule has 0 unspecified atom stereocenters. The van der Waals surface area contributed by atoms with Gasteiger partial charge in [0.2, 0.25) is 0 Å². The Morgan fingerprint density at radius 2 is 1.90 bits per heavy atom. The zero-order valence-electron chi connectivity index (χ0n) is 12.6. The molecule has 5 nitrogen and oxygen atoms in total. The number of carbonyl (C=O) groups is 1.